The summed E-state index contributed by atoms with van der Waals surface area (Å²) in [5.41, 5.74) is 0.732. The van der Waals surface area contributed by atoms with Crippen molar-refractivity contribution in [1.29, 1.82) is 0 Å². The van der Waals surface area contributed by atoms with Gasteiger partial charge in [-0.05, 0) is 43.7 Å². The van der Waals surface area contributed by atoms with E-state index in [1.165, 1.54) is 25.3 Å². The number of esters is 1. The van der Waals surface area contributed by atoms with Crippen LogP contribution in [0.15, 0.2) is 36.5 Å². The summed E-state index contributed by atoms with van der Waals surface area (Å²) in [5, 5.41) is 4.03. The Morgan fingerprint density at radius 3 is 2.40 bits per heavy atom. The summed E-state index contributed by atoms with van der Waals surface area (Å²) < 4.78 is 5.11. The number of pyridine rings is 1. The fourth-order valence-electron chi connectivity index (χ4n) is 2.05. The van der Waals surface area contributed by atoms with Crippen molar-refractivity contribution >= 4 is 46.7 Å². The van der Waals surface area contributed by atoms with E-state index < -0.39 is 18.0 Å². The van der Waals surface area contributed by atoms with Gasteiger partial charge in [0.25, 0.3) is 5.91 Å². The molecule has 0 fully saturated rings. The third-order valence-electron chi connectivity index (χ3n) is 3.37. The van der Waals surface area contributed by atoms with Crippen LogP contribution >= 0.6 is 34.8 Å². The highest BCUT2D eigenvalue weighted by molar-refractivity contribution is 6.35. The highest BCUT2D eigenvalue weighted by atomic mass is 35.5. The predicted molar refractivity (Wildman–Crippen MR) is 97.1 cm³/mol. The molecule has 1 heterocycles. The van der Waals surface area contributed by atoms with Gasteiger partial charge in [0, 0.05) is 21.3 Å². The number of carbonyl (C=O) groups is 2. The molecule has 0 bridgehead atoms. The Morgan fingerprint density at radius 2 is 1.76 bits per heavy atom. The number of rotatable bonds is 5. The molecular formula is C17H15Cl3N2O3. The van der Waals surface area contributed by atoms with Gasteiger partial charge in [-0.3, -0.25) is 4.79 Å². The Morgan fingerprint density at radius 1 is 1.08 bits per heavy atom. The third-order valence-corrected chi connectivity index (χ3v) is 4.17. The molecule has 0 saturated heterocycles. The minimum Gasteiger partial charge on any atom is -0.448 e. The van der Waals surface area contributed by atoms with Crippen LogP contribution in [0.2, 0.25) is 15.1 Å². The van der Waals surface area contributed by atoms with E-state index in [2.05, 4.69) is 10.3 Å². The van der Waals surface area contributed by atoms with Crippen LogP contribution in [-0.4, -0.2) is 23.0 Å². The molecule has 2 rings (SSSR count). The lowest BCUT2D eigenvalue weighted by atomic mass is 10.1. The van der Waals surface area contributed by atoms with Crippen molar-refractivity contribution in [1.82, 2.24) is 10.3 Å². The Hall–Kier alpha value is -1.82. The van der Waals surface area contributed by atoms with Crippen LogP contribution in [0, 0.1) is 0 Å². The second kappa shape index (κ2) is 8.52. The van der Waals surface area contributed by atoms with E-state index in [9.17, 15) is 9.59 Å². The largest absolute Gasteiger partial charge is 0.448 e. The third kappa shape index (κ3) is 5.33. The van der Waals surface area contributed by atoms with E-state index in [4.69, 9.17) is 39.5 Å². The molecule has 0 aliphatic carbocycles. The van der Waals surface area contributed by atoms with Crippen molar-refractivity contribution < 1.29 is 14.3 Å². The Labute approximate surface area is 160 Å². The second-order valence-corrected chi connectivity index (χ2v) is 6.58. The molecule has 1 aromatic carbocycles. The number of hydrogen-bond donors (Lipinski definition) is 1. The molecule has 1 aromatic heterocycles. The number of nitrogens with zero attached hydrogens (tertiary/aromatic N) is 1. The quantitative estimate of drug-likeness (QED) is 0.751. The predicted octanol–water partition coefficient (Wildman–Crippen LogP) is 4.46. The maximum atomic E-state index is 12.2. The van der Waals surface area contributed by atoms with Gasteiger partial charge in [-0.1, -0.05) is 40.9 Å². The smallest absolute Gasteiger partial charge is 0.357 e. The van der Waals surface area contributed by atoms with Crippen LogP contribution in [-0.2, 0) is 9.53 Å². The molecule has 0 unspecified atom stereocenters. The first-order chi connectivity index (χ1) is 11.8. The van der Waals surface area contributed by atoms with Gasteiger partial charge in [0.1, 0.15) is 5.69 Å². The summed E-state index contributed by atoms with van der Waals surface area (Å²) in [6.45, 7) is 3.23. The van der Waals surface area contributed by atoms with Gasteiger partial charge in [-0.25, -0.2) is 9.78 Å². The molecule has 5 nitrogen and oxygen atoms in total. The summed E-state index contributed by atoms with van der Waals surface area (Å²) in [4.78, 5) is 28.1. The monoisotopic (exact) mass is 400 g/mol. The molecule has 25 heavy (non-hydrogen) atoms. The lowest BCUT2D eigenvalue weighted by Gasteiger charge is -2.19. The molecule has 132 valence electrons. The highest BCUT2D eigenvalue weighted by Crippen LogP contribution is 2.26. The number of hydrogen-bond acceptors (Lipinski definition) is 4. The molecule has 2 atom stereocenters. The van der Waals surface area contributed by atoms with Crippen LogP contribution in [0.3, 0.4) is 0 Å². The van der Waals surface area contributed by atoms with E-state index in [-0.39, 0.29) is 11.7 Å². The first-order valence-corrected chi connectivity index (χ1v) is 8.49. The number of nitrogens with one attached hydrogen (secondary N) is 1. The molecule has 1 amide bonds. The van der Waals surface area contributed by atoms with Crippen LogP contribution in [0.4, 0.5) is 0 Å². The van der Waals surface area contributed by atoms with Crippen molar-refractivity contribution in [2.24, 2.45) is 0 Å². The zero-order chi connectivity index (χ0) is 18.6. The van der Waals surface area contributed by atoms with Crippen molar-refractivity contribution in [3.05, 3.63) is 62.9 Å². The maximum Gasteiger partial charge on any atom is 0.357 e. The number of halogens is 3. The van der Waals surface area contributed by atoms with Gasteiger partial charge < -0.3 is 10.1 Å². The molecule has 2 aromatic rings. The fraction of sp³-hybridized carbons (Fsp3) is 0.235. The van der Waals surface area contributed by atoms with Gasteiger partial charge in [-0.2, -0.15) is 0 Å². The molecule has 0 aliphatic heterocycles. The van der Waals surface area contributed by atoms with Crippen molar-refractivity contribution in [3.8, 4) is 0 Å². The molecule has 0 spiro atoms. The van der Waals surface area contributed by atoms with E-state index in [0.29, 0.717) is 20.6 Å². The average molecular weight is 402 g/mol. The lowest BCUT2D eigenvalue weighted by Crippen LogP contribution is -2.37. The van der Waals surface area contributed by atoms with Crippen molar-refractivity contribution in [2.75, 3.05) is 0 Å². The van der Waals surface area contributed by atoms with Crippen molar-refractivity contribution in [2.45, 2.75) is 26.0 Å². The topological polar surface area (TPSA) is 68.3 Å². The maximum absolute atomic E-state index is 12.2. The Kier molecular flexibility index (Phi) is 6.64. The summed E-state index contributed by atoms with van der Waals surface area (Å²) in [6, 6.07) is 7.51. The number of benzene rings is 1. The summed E-state index contributed by atoms with van der Waals surface area (Å²) in [6.07, 6.45) is 0.371. The molecule has 1 N–H and O–H groups in total. The van der Waals surface area contributed by atoms with Crippen LogP contribution < -0.4 is 5.32 Å². The van der Waals surface area contributed by atoms with E-state index in [1.807, 2.05) is 0 Å². The standard InChI is InChI=1S/C17H15Cl3N2O3/c1-9(13-4-3-11(18)7-14(13)20)22-16(23)10(2)25-17(24)15-8-12(19)5-6-21-15/h3-10H,1-2H3,(H,22,23)/t9-,10-/m0/s1. The minimum atomic E-state index is -1.01. The van der Waals surface area contributed by atoms with Crippen molar-refractivity contribution in [3.63, 3.8) is 0 Å². The van der Waals surface area contributed by atoms with Crippen LogP contribution in [0.25, 0.3) is 0 Å². The zero-order valence-corrected chi connectivity index (χ0v) is 15.7. The highest BCUT2D eigenvalue weighted by Gasteiger charge is 2.22. The first-order valence-electron chi connectivity index (χ1n) is 7.35. The molecule has 0 aliphatic rings. The van der Waals surface area contributed by atoms with Gasteiger partial charge in [0.05, 0.1) is 6.04 Å². The Balaban J connectivity index is 1.98. The van der Waals surface area contributed by atoms with E-state index >= 15 is 0 Å². The van der Waals surface area contributed by atoms with Crippen LogP contribution in [0.5, 0.6) is 0 Å². The summed E-state index contributed by atoms with van der Waals surface area (Å²) in [7, 11) is 0. The number of aromatic nitrogens is 1. The minimum absolute atomic E-state index is 0.0287. The molecule has 0 saturated carbocycles. The SMILES string of the molecule is C[C@H](OC(=O)c1cc(Cl)ccn1)C(=O)N[C@@H](C)c1ccc(Cl)cc1Cl. The van der Waals surface area contributed by atoms with Gasteiger partial charge >= 0.3 is 5.97 Å². The zero-order valence-electron chi connectivity index (χ0n) is 13.4. The first kappa shape index (κ1) is 19.5. The molecule has 0 radical (unpaired) electrons. The molecular weight excluding hydrogens is 387 g/mol. The average Bonchev–Trinajstić information content (AvgIpc) is 2.54. The molecule has 8 heteroatoms. The van der Waals surface area contributed by atoms with Crippen LogP contribution in [0.1, 0.15) is 35.9 Å². The number of amides is 1. The lowest BCUT2D eigenvalue weighted by molar-refractivity contribution is -0.129. The van der Waals surface area contributed by atoms with Gasteiger partial charge in [0.15, 0.2) is 6.10 Å². The number of carbonyl (C=O) groups excluding carboxylic acids is 2. The second-order valence-electron chi connectivity index (χ2n) is 5.30. The van der Waals surface area contributed by atoms with E-state index in [0.717, 1.165) is 0 Å². The van der Waals surface area contributed by atoms with Gasteiger partial charge in [0.2, 0.25) is 0 Å². The van der Waals surface area contributed by atoms with Gasteiger partial charge in [-0.15, -0.1) is 0 Å². The number of ether oxygens (including phenoxy) is 1. The van der Waals surface area contributed by atoms with E-state index in [1.54, 1.807) is 25.1 Å². The summed E-state index contributed by atoms with van der Waals surface area (Å²) >= 11 is 17.8. The normalized spacial score (nSPS) is 13.0. The fourth-order valence-corrected chi connectivity index (χ4v) is 2.78. The summed E-state index contributed by atoms with van der Waals surface area (Å²) in [5.74, 6) is -1.20. The Bertz CT molecular complexity index is 798.